The summed E-state index contributed by atoms with van der Waals surface area (Å²) in [5.74, 6) is -0.541. The van der Waals surface area contributed by atoms with E-state index < -0.39 is 30.2 Å². The first-order chi connectivity index (χ1) is 22.1. The van der Waals surface area contributed by atoms with Crippen LogP contribution in [-0.2, 0) is 32.0 Å². The second-order valence-electron chi connectivity index (χ2n) is 12.4. The van der Waals surface area contributed by atoms with E-state index in [9.17, 15) is 19.2 Å². The van der Waals surface area contributed by atoms with Crippen molar-refractivity contribution in [3.8, 4) is 0 Å². The van der Waals surface area contributed by atoms with E-state index in [-0.39, 0.29) is 48.0 Å². The molecule has 0 bridgehead atoms. The molecule has 0 radical (unpaired) electrons. The molecule has 2 aliphatic heterocycles. The van der Waals surface area contributed by atoms with E-state index in [1.807, 2.05) is 30.5 Å². The van der Waals surface area contributed by atoms with Crippen LogP contribution in [0.4, 0.5) is 0 Å². The average Bonchev–Trinajstić information content (AvgIpc) is 3.69. The van der Waals surface area contributed by atoms with Crippen LogP contribution in [0.1, 0.15) is 56.7 Å². The molecule has 0 amide bonds. The summed E-state index contributed by atoms with van der Waals surface area (Å²) in [5, 5.41) is 6.12. The summed E-state index contributed by atoms with van der Waals surface area (Å²) in [7, 11) is 0. The number of fused-ring (bicyclic) bond motifs is 2. The van der Waals surface area contributed by atoms with Crippen LogP contribution in [0, 0.1) is 0 Å². The summed E-state index contributed by atoms with van der Waals surface area (Å²) in [4.78, 5) is 68.3. The largest absolute Gasteiger partial charge is 0.370 e. The lowest BCUT2D eigenvalue weighted by molar-refractivity contribution is -0.157. The van der Waals surface area contributed by atoms with Crippen molar-refractivity contribution in [3.63, 3.8) is 0 Å². The van der Waals surface area contributed by atoms with E-state index in [4.69, 9.17) is 17.2 Å². The fraction of sp³-hybridized carbons (Fsp3) is 0.500. The van der Waals surface area contributed by atoms with Crippen LogP contribution in [-0.4, -0.2) is 91.8 Å². The molecule has 3 aromatic rings. The van der Waals surface area contributed by atoms with Crippen molar-refractivity contribution in [2.75, 3.05) is 6.54 Å². The van der Waals surface area contributed by atoms with Crippen molar-refractivity contribution in [1.82, 2.24) is 30.7 Å². The molecule has 14 nitrogen and oxygen atoms in total. The topological polar surface area (TPSA) is 230 Å². The number of aliphatic imine (C=N–C) groups is 1. The van der Waals surface area contributed by atoms with Crippen molar-refractivity contribution in [1.29, 1.82) is 0 Å². The SMILES string of the molecule is CC(=O)CC1CCC(N)C(=O)[C@H](Cc2c[nH]c3ccccc23)NN2C(CC(=O)[C@H](Cc3cnc[nH]3)N1)C(=O)[C@@H]2CCCN=C(N)N. The first-order valence-electron chi connectivity index (χ1n) is 15.8. The first-order valence-corrected chi connectivity index (χ1v) is 15.8. The number of aromatic amines is 2. The highest BCUT2D eigenvalue weighted by Crippen LogP contribution is 2.29. The van der Waals surface area contributed by atoms with Crippen LogP contribution < -0.4 is 27.9 Å². The summed E-state index contributed by atoms with van der Waals surface area (Å²) in [6.45, 7) is 1.85. The molecule has 2 aromatic heterocycles. The number of hydrogen-bond acceptors (Lipinski definition) is 10. The summed E-state index contributed by atoms with van der Waals surface area (Å²) in [6, 6.07) is 3.81. The molecular formula is C32H44N10O4. The number of hydrogen-bond donors (Lipinski definition) is 7. The minimum atomic E-state index is -0.836. The molecule has 4 heterocycles. The number of nitrogens with one attached hydrogen (secondary N) is 4. The van der Waals surface area contributed by atoms with Gasteiger partial charge in [-0.2, -0.15) is 0 Å². The number of guanidine groups is 1. The van der Waals surface area contributed by atoms with E-state index in [1.165, 1.54) is 6.92 Å². The predicted molar refractivity (Wildman–Crippen MR) is 173 cm³/mol. The Kier molecular flexibility index (Phi) is 10.7. The standard InChI is InChI=1S/C32H44N10O4/c1-18(43)11-20-8-9-23(33)30(45)26(12-19-15-38-24-6-3-2-5-22(19)24)41-42-27(7-4-10-37-32(34)35)31(46)28(42)14-29(44)25(40-20)13-21-16-36-17-39-21/h2-3,5-6,15-17,20,23,25-28,38,40-41H,4,7-14,33H2,1H3,(H,36,39)(H4,34,35,37)/t20?,23?,25-,26-,27-,28?/m0/s1. The van der Waals surface area contributed by atoms with Gasteiger partial charge in [-0.05, 0) is 50.7 Å². The molecule has 2 aliphatic rings. The molecule has 1 aromatic carbocycles. The number of H-pyrrole nitrogens is 2. The number of hydrazine groups is 1. The molecule has 46 heavy (non-hydrogen) atoms. The van der Waals surface area contributed by atoms with Gasteiger partial charge >= 0.3 is 0 Å². The highest BCUT2D eigenvalue weighted by atomic mass is 16.2. The van der Waals surface area contributed by atoms with Crippen molar-refractivity contribution in [2.24, 2.45) is 22.2 Å². The van der Waals surface area contributed by atoms with E-state index in [0.717, 1.165) is 22.2 Å². The molecule has 0 aliphatic carbocycles. The number of carbonyl (C=O) groups excluding carboxylic acids is 4. The van der Waals surface area contributed by atoms with Gasteiger partial charge in [-0.3, -0.25) is 24.2 Å². The quantitative estimate of drug-likeness (QED) is 0.0905. The van der Waals surface area contributed by atoms with Gasteiger partial charge in [0.25, 0.3) is 0 Å². The minimum Gasteiger partial charge on any atom is -0.370 e. The molecule has 3 unspecified atom stereocenters. The van der Waals surface area contributed by atoms with Crippen LogP contribution in [0.15, 0.2) is 48.0 Å². The first kappa shape index (κ1) is 33.1. The Morgan fingerprint density at radius 3 is 2.61 bits per heavy atom. The average molecular weight is 633 g/mol. The number of benzene rings is 1. The fourth-order valence-electron chi connectivity index (χ4n) is 6.57. The number of nitrogens with zero attached hydrogens (tertiary/aromatic N) is 3. The van der Waals surface area contributed by atoms with Crippen LogP contribution >= 0.6 is 0 Å². The maximum absolute atomic E-state index is 14.1. The number of rotatable bonds is 10. The molecule has 2 fully saturated rings. The Hall–Kier alpha value is -4.24. The van der Waals surface area contributed by atoms with Gasteiger partial charge in [-0.25, -0.2) is 15.4 Å². The van der Waals surface area contributed by atoms with Crippen LogP contribution in [0.5, 0.6) is 0 Å². The van der Waals surface area contributed by atoms with Crippen molar-refractivity contribution >= 4 is 40.0 Å². The summed E-state index contributed by atoms with van der Waals surface area (Å²) in [6.07, 6.45) is 7.49. The smallest absolute Gasteiger partial charge is 0.185 e. The molecular weight excluding hydrogens is 588 g/mol. The third-order valence-electron chi connectivity index (χ3n) is 8.93. The van der Waals surface area contributed by atoms with Crippen LogP contribution in [0.3, 0.4) is 0 Å². The minimum absolute atomic E-state index is 0.0267. The second-order valence-corrected chi connectivity index (χ2v) is 12.4. The van der Waals surface area contributed by atoms with Crippen molar-refractivity contribution < 1.29 is 19.2 Å². The molecule has 2 saturated heterocycles. The lowest BCUT2D eigenvalue weighted by atomic mass is 9.85. The van der Waals surface area contributed by atoms with Gasteiger partial charge in [0.1, 0.15) is 5.78 Å². The molecule has 6 atom stereocenters. The van der Waals surface area contributed by atoms with Gasteiger partial charge in [0.2, 0.25) is 0 Å². The third kappa shape index (κ3) is 7.94. The number of carbonyl (C=O) groups is 4. The molecule has 246 valence electrons. The Bertz CT molecular complexity index is 1560. The Morgan fingerprint density at radius 1 is 1.07 bits per heavy atom. The van der Waals surface area contributed by atoms with E-state index >= 15 is 0 Å². The van der Waals surface area contributed by atoms with Crippen molar-refractivity contribution in [3.05, 3.63) is 54.2 Å². The third-order valence-corrected chi connectivity index (χ3v) is 8.93. The number of para-hydroxylation sites is 1. The fourth-order valence-corrected chi connectivity index (χ4v) is 6.57. The number of Topliss-reactive ketones (excluding diaryl/α,β-unsaturated/α-hetero) is 4. The number of imidazole rings is 1. The lowest BCUT2D eigenvalue weighted by Gasteiger charge is -2.48. The van der Waals surface area contributed by atoms with Gasteiger partial charge in [-0.1, -0.05) is 18.2 Å². The Labute approximate surface area is 267 Å². The summed E-state index contributed by atoms with van der Waals surface area (Å²) in [5.41, 5.74) is 23.5. The Balaban J connectivity index is 1.47. The van der Waals surface area contributed by atoms with E-state index in [2.05, 4.69) is 30.7 Å². The normalized spacial score (nSPS) is 26.4. The van der Waals surface area contributed by atoms with Gasteiger partial charge < -0.3 is 32.5 Å². The number of nitrogens with two attached hydrogens (primary N) is 3. The monoisotopic (exact) mass is 632 g/mol. The lowest BCUT2D eigenvalue weighted by Crippen LogP contribution is -2.73. The highest BCUT2D eigenvalue weighted by Gasteiger charge is 2.50. The summed E-state index contributed by atoms with van der Waals surface area (Å²) < 4.78 is 0. The van der Waals surface area contributed by atoms with E-state index in [1.54, 1.807) is 17.5 Å². The highest BCUT2D eigenvalue weighted by molar-refractivity contribution is 5.99. The molecule has 14 heteroatoms. The predicted octanol–water partition coefficient (Wildman–Crippen LogP) is 0.180. The van der Waals surface area contributed by atoms with Crippen molar-refractivity contribution in [2.45, 2.75) is 94.5 Å². The maximum atomic E-state index is 14.1. The van der Waals surface area contributed by atoms with Crippen LogP contribution in [0.2, 0.25) is 0 Å². The molecule has 0 saturated carbocycles. The zero-order valence-corrected chi connectivity index (χ0v) is 26.1. The van der Waals surface area contributed by atoms with E-state index in [0.29, 0.717) is 45.1 Å². The summed E-state index contributed by atoms with van der Waals surface area (Å²) >= 11 is 0. The molecule has 10 N–H and O–H groups in total. The maximum Gasteiger partial charge on any atom is 0.185 e. The van der Waals surface area contributed by atoms with Crippen LogP contribution in [0.25, 0.3) is 10.9 Å². The molecule has 5 rings (SSSR count). The van der Waals surface area contributed by atoms with Gasteiger partial charge in [0, 0.05) is 60.8 Å². The number of aromatic nitrogens is 3. The van der Waals surface area contributed by atoms with Gasteiger partial charge in [0.05, 0.1) is 36.5 Å². The number of ketones is 4. The Morgan fingerprint density at radius 2 is 1.87 bits per heavy atom. The van der Waals surface area contributed by atoms with Gasteiger partial charge in [0.15, 0.2) is 23.3 Å². The zero-order valence-electron chi connectivity index (χ0n) is 26.1. The second kappa shape index (κ2) is 14.9. The zero-order chi connectivity index (χ0) is 32.8. The molecule has 0 spiro atoms. The van der Waals surface area contributed by atoms with Gasteiger partial charge in [-0.15, -0.1) is 0 Å².